The smallest absolute Gasteiger partial charge is 0.0445 e. The summed E-state index contributed by atoms with van der Waals surface area (Å²) >= 11 is 0. The summed E-state index contributed by atoms with van der Waals surface area (Å²) in [6.45, 7) is 3.50. The van der Waals surface area contributed by atoms with Crippen LogP contribution in [0, 0.1) is 5.92 Å². The van der Waals surface area contributed by atoms with Crippen LogP contribution in [0.1, 0.15) is 24.0 Å². The van der Waals surface area contributed by atoms with Gasteiger partial charge in [0.05, 0.1) is 0 Å². The maximum atomic E-state index is 3.28. The number of para-hydroxylation sites is 1. The Morgan fingerprint density at radius 2 is 2.25 bits per heavy atom. The van der Waals surface area contributed by atoms with E-state index in [1.165, 1.54) is 43.6 Å². The summed E-state index contributed by atoms with van der Waals surface area (Å²) in [6, 6.07) is 6.76. The third kappa shape index (κ3) is 1.82. The number of hydrogen-bond donors (Lipinski definition) is 1. The lowest BCUT2D eigenvalue weighted by Gasteiger charge is -2.22. The van der Waals surface area contributed by atoms with Gasteiger partial charge >= 0.3 is 0 Å². The summed E-state index contributed by atoms with van der Waals surface area (Å²) in [4.78, 5) is 2.61. The van der Waals surface area contributed by atoms with Crippen LogP contribution in [0.4, 0.5) is 5.69 Å². The minimum absolute atomic E-state index is 0.980. The van der Waals surface area contributed by atoms with Gasteiger partial charge in [0, 0.05) is 25.3 Å². The molecule has 1 aromatic carbocycles. The minimum atomic E-state index is 0.980. The highest BCUT2D eigenvalue weighted by Gasteiger charge is 2.28. The number of fused-ring (bicyclic) bond motifs is 1. The first kappa shape index (κ1) is 10.2. The van der Waals surface area contributed by atoms with Crippen molar-refractivity contribution >= 4 is 5.69 Å². The molecular weight excluding hydrogens is 196 g/mol. The van der Waals surface area contributed by atoms with Crippen molar-refractivity contribution in [3.8, 4) is 0 Å². The molecule has 1 aliphatic carbocycles. The maximum Gasteiger partial charge on any atom is 0.0445 e. The molecule has 3 rings (SSSR count). The first-order chi connectivity index (χ1) is 7.88. The molecule has 0 atom stereocenters. The second-order valence-electron chi connectivity index (χ2n) is 5.09. The number of hydrogen-bond acceptors (Lipinski definition) is 2. The van der Waals surface area contributed by atoms with Gasteiger partial charge in [-0.15, -0.1) is 0 Å². The Hall–Kier alpha value is -1.02. The number of nitrogens with one attached hydrogen (secondary N) is 1. The highest BCUT2D eigenvalue weighted by Crippen LogP contribution is 2.37. The van der Waals surface area contributed by atoms with Gasteiger partial charge in [0.2, 0.25) is 0 Å². The zero-order valence-electron chi connectivity index (χ0n) is 10.00. The van der Waals surface area contributed by atoms with E-state index in [2.05, 4.69) is 28.4 Å². The second-order valence-corrected chi connectivity index (χ2v) is 5.09. The van der Waals surface area contributed by atoms with E-state index in [1.54, 1.807) is 5.56 Å². The first-order valence-corrected chi connectivity index (χ1v) is 6.39. The van der Waals surface area contributed by atoms with E-state index in [0.717, 1.165) is 12.5 Å². The standard InChI is InChI=1S/C14H20N2/c1-15-9-13-4-2-3-12-7-8-16(14(12)13)10-11-5-6-11/h2-4,11,15H,5-10H2,1H3. The summed E-state index contributed by atoms with van der Waals surface area (Å²) in [7, 11) is 2.03. The quantitative estimate of drug-likeness (QED) is 0.830. The van der Waals surface area contributed by atoms with E-state index >= 15 is 0 Å². The van der Waals surface area contributed by atoms with Gasteiger partial charge in [-0.3, -0.25) is 0 Å². The Balaban J connectivity index is 1.88. The number of anilines is 1. The monoisotopic (exact) mass is 216 g/mol. The van der Waals surface area contributed by atoms with Crippen LogP contribution in [-0.2, 0) is 13.0 Å². The van der Waals surface area contributed by atoms with Gasteiger partial charge in [-0.1, -0.05) is 18.2 Å². The molecule has 2 nitrogen and oxygen atoms in total. The highest BCUT2D eigenvalue weighted by molar-refractivity contribution is 5.63. The molecule has 2 heteroatoms. The molecule has 1 aromatic rings. The van der Waals surface area contributed by atoms with Crippen LogP contribution in [0.2, 0.25) is 0 Å². The van der Waals surface area contributed by atoms with Crippen LogP contribution < -0.4 is 10.2 Å². The molecule has 0 amide bonds. The topological polar surface area (TPSA) is 15.3 Å². The van der Waals surface area contributed by atoms with Crippen molar-refractivity contribution in [1.82, 2.24) is 5.32 Å². The van der Waals surface area contributed by atoms with E-state index in [1.807, 2.05) is 7.05 Å². The summed E-state index contributed by atoms with van der Waals surface area (Å²) in [5, 5.41) is 3.28. The zero-order valence-corrected chi connectivity index (χ0v) is 10.00. The fourth-order valence-electron chi connectivity index (χ4n) is 2.75. The Labute approximate surface area is 97.6 Å². The molecule has 86 valence electrons. The lowest BCUT2D eigenvalue weighted by Crippen LogP contribution is -2.24. The lowest BCUT2D eigenvalue weighted by atomic mass is 10.1. The van der Waals surface area contributed by atoms with Crippen LogP contribution in [-0.4, -0.2) is 20.1 Å². The van der Waals surface area contributed by atoms with Crippen LogP contribution in [0.15, 0.2) is 18.2 Å². The molecule has 1 aliphatic heterocycles. The average Bonchev–Trinajstić information content (AvgIpc) is 3.00. The van der Waals surface area contributed by atoms with Gasteiger partial charge in [-0.25, -0.2) is 0 Å². The number of benzene rings is 1. The Bertz CT molecular complexity index is 382. The van der Waals surface area contributed by atoms with Crippen LogP contribution in [0.3, 0.4) is 0 Å². The predicted octanol–water partition coefficient (Wildman–Crippen LogP) is 2.18. The van der Waals surface area contributed by atoms with E-state index in [-0.39, 0.29) is 0 Å². The molecule has 1 heterocycles. The van der Waals surface area contributed by atoms with E-state index in [9.17, 15) is 0 Å². The molecule has 2 aliphatic rings. The molecule has 0 spiro atoms. The van der Waals surface area contributed by atoms with Crippen LogP contribution in [0.25, 0.3) is 0 Å². The third-order valence-corrected chi connectivity index (χ3v) is 3.71. The van der Waals surface area contributed by atoms with Crippen molar-refractivity contribution in [2.45, 2.75) is 25.8 Å². The maximum absolute atomic E-state index is 3.28. The number of nitrogens with zero attached hydrogens (tertiary/aromatic N) is 1. The molecule has 0 aromatic heterocycles. The third-order valence-electron chi connectivity index (χ3n) is 3.71. The Morgan fingerprint density at radius 1 is 1.38 bits per heavy atom. The van der Waals surface area contributed by atoms with Gasteiger partial charge in [0.1, 0.15) is 0 Å². The van der Waals surface area contributed by atoms with Crippen molar-refractivity contribution < 1.29 is 0 Å². The van der Waals surface area contributed by atoms with Crippen molar-refractivity contribution in [3.63, 3.8) is 0 Å². The normalized spacial score (nSPS) is 18.9. The van der Waals surface area contributed by atoms with Crippen molar-refractivity contribution in [2.75, 3.05) is 25.0 Å². The second kappa shape index (κ2) is 4.10. The molecule has 1 saturated carbocycles. The van der Waals surface area contributed by atoms with Gasteiger partial charge in [-0.05, 0) is 43.4 Å². The molecule has 0 unspecified atom stereocenters. The fraction of sp³-hybridized carbons (Fsp3) is 0.571. The van der Waals surface area contributed by atoms with E-state index in [0.29, 0.717) is 0 Å². The summed E-state index contributed by atoms with van der Waals surface area (Å²) in [5.41, 5.74) is 4.55. The lowest BCUT2D eigenvalue weighted by molar-refractivity contribution is 0.738. The fourth-order valence-corrected chi connectivity index (χ4v) is 2.75. The Kier molecular flexibility index (Phi) is 2.60. The first-order valence-electron chi connectivity index (χ1n) is 6.39. The van der Waals surface area contributed by atoms with Crippen LogP contribution >= 0.6 is 0 Å². The van der Waals surface area contributed by atoms with E-state index in [4.69, 9.17) is 0 Å². The Morgan fingerprint density at radius 3 is 3.00 bits per heavy atom. The molecule has 0 saturated heterocycles. The predicted molar refractivity (Wildman–Crippen MR) is 67.8 cm³/mol. The van der Waals surface area contributed by atoms with Crippen molar-refractivity contribution in [2.24, 2.45) is 5.92 Å². The molecule has 0 radical (unpaired) electrons. The SMILES string of the molecule is CNCc1cccc2c1N(CC1CC1)CC2. The van der Waals surface area contributed by atoms with Gasteiger partial charge in [0.25, 0.3) is 0 Å². The molecule has 1 fully saturated rings. The molecular formula is C14H20N2. The summed E-state index contributed by atoms with van der Waals surface area (Å²) in [5.74, 6) is 0.980. The summed E-state index contributed by atoms with van der Waals surface area (Å²) in [6.07, 6.45) is 4.12. The van der Waals surface area contributed by atoms with E-state index < -0.39 is 0 Å². The highest BCUT2D eigenvalue weighted by atomic mass is 15.2. The van der Waals surface area contributed by atoms with Gasteiger partial charge in [-0.2, -0.15) is 0 Å². The molecule has 0 bridgehead atoms. The van der Waals surface area contributed by atoms with Crippen molar-refractivity contribution in [1.29, 1.82) is 0 Å². The van der Waals surface area contributed by atoms with Crippen LogP contribution in [0.5, 0.6) is 0 Å². The zero-order chi connectivity index (χ0) is 11.0. The number of rotatable bonds is 4. The molecule has 1 N–H and O–H groups in total. The largest absolute Gasteiger partial charge is 0.370 e. The van der Waals surface area contributed by atoms with Gasteiger partial charge < -0.3 is 10.2 Å². The molecule has 16 heavy (non-hydrogen) atoms. The summed E-state index contributed by atoms with van der Waals surface area (Å²) < 4.78 is 0. The minimum Gasteiger partial charge on any atom is -0.370 e. The average molecular weight is 216 g/mol. The van der Waals surface area contributed by atoms with Crippen molar-refractivity contribution in [3.05, 3.63) is 29.3 Å². The van der Waals surface area contributed by atoms with Gasteiger partial charge in [0.15, 0.2) is 0 Å².